The number of para-hydroxylation sites is 2. The molecule has 1 aliphatic heterocycles. The van der Waals surface area contributed by atoms with Crippen LogP contribution in [0.15, 0.2) is 24.3 Å². The van der Waals surface area contributed by atoms with Gasteiger partial charge >= 0.3 is 0 Å². The minimum Gasteiger partial charge on any atom is -0.477 e. The van der Waals surface area contributed by atoms with Gasteiger partial charge in [0.2, 0.25) is 0 Å². The zero-order chi connectivity index (χ0) is 14.6. The molecule has 3 N–H and O–H groups in total. The molecule has 1 aromatic carbocycles. The van der Waals surface area contributed by atoms with Gasteiger partial charge in [-0.1, -0.05) is 26.0 Å². The van der Waals surface area contributed by atoms with Gasteiger partial charge in [-0.25, -0.2) is 0 Å². The molecule has 0 aromatic heterocycles. The van der Waals surface area contributed by atoms with Crippen molar-refractivity contribution in [1.82, 2.24) is 5.32 Å². The van der Waals surface area contributed by atoms with E-state index in [2.05, 4.69) is 10.6 Å². The smallest absolute Gasteiger partial charge is 0.263 e. The number of rotatable bonds is 5. The molecule has 1 atom stereocenters. The third-order valence-electron chi connectivity index (χ3n) is 3.97. The molecule has 5 nitrogen and oxygen atoms in total. The number of benzene rings is 1. The average molecular weight is 278 g/mol. The van der Waals surface area contributed by atoms with Crippen molar-refractivity contribution in [2.45, 2.75) is 38.3 Å². The second kappa shape index (κ2) is 6.13. The van der Waals surface area contributed by atoms with Crippen LogP contribution in [-0.4, -0.2) is 35.8 Å². The number of fused-ring (bicyclic) bond motifs is 1. The Hall–Kier alpha value is -1.75. The molecule has 5 heteroatoms. The van der Waals surface area contributed by atoms with Gasteiger partial charge < -0.3 is 20.5 Å². The maximum atomic E-state index is 12.3. The molecular weight excluding hydrogens is 256 g/mol. The van der Waals surface area contributed by atoms with E-state index in [4.69, 9.17) is 4.74 Å². The largest absolute Gasteiger partial charge is 0.477 e. The van der Waals surface area contributed by atoms with Crippen LogP contribution in [0.1, 0.15) is 26.7 Å². The Bertz CT molecular complexity index is 464. The first-order chi connectivity index (χ1) is 9.64. The SMILES string of the molecule is CCC(CC)(CO)NC(=O)C1CNc2ccccc2O1. The van der Waals surface area contributed by atoms with E-state index in [9.17, 15) is 9.90 Å². The third kappa shape index (κ3) is 2.88. The Morgan fingerprint density at radius 1 is 1.45 bits per heavy atom. The number of carbonyl (C=O) groups is 1. The summed E-state index contributed by atoms with van der Waals surface area (Å²) in [5.74, 6) is 0.492. The topological polar surface area (TPSA) is 70.6 Å². The van der Waals surface area contributed by atoms with E-state index < -0.39 is 11.6 Å². The molecule has 1 aromatic rings. The highest BCUT2D eigenvalue weighted by atomic mass is 16.5. The monoisotopic (exact) mass is 278 g/mol. The lowest BCUT2D eigenvalue weighted by Crippen LogP contribution is -2.56. The predicted molar refractivity (Wildman–Crippen MR) is 77.9 cm³/mol. The van der Waals surface area contributed by atoms with Crippen LogP contribution < -0.4 is 15.4 Å². The molecule has 0 saturated heterocycles. The number of anilines is 1. The lowest BCUT2D eigenvalue weighted by molar-refractivity contribution is -0.130. The molecule has 0 saturated carbocycles. The van der Waals surface area contributed by atoms with Gasteiger partial charge in [-0.3, -0.25) is 4.79 Å². The fraction of sp³-hybridized carbons (Fsp3) is 0.533. The van der Waals surface area contributed by atoms with Crippen LogP contribution >= 0.6 is 0 Å². The maximum absolute atomic E-state index is 12.3. The Morgan fingerprint density at radius 3 is 2.80 bits per heavy atom. The lowest BCUT2D eigenvalue weighted by Gasteiger charge is -2.34. The number of amides is 1. The van der Waals surface area contributed by atoms with E-state index in [0.29, 0.717) is 25.1 Å². The highest BCUT2D eigenvalue weighted by Gasteiger charge is 2.33. The fourth-order valence-electron chi connectivity index (χ4n) is 2.29. The Balaban J connectivity index is 2.05. The van der Waals surface area contributed by atoms with E-state index in [1.165, 1.54) is 0 Å². The van der Waals surface area contributed by atoms with Crippen molar-refractivity contribution in [2.75, 3.05) is 18.5 Å². The summed E-state index contributed by atoms with van der Waals surface area (Å²) in [7, 11) is 0. The van der Waals surface area contributed by atoms with Crippen LogP contribution in [0.4, 0.5) is 5.69 Å². The summed E-state index contributed by atoms with van der Waals surface area (Å²) in [6.07, 6.45) is 0.791. The van der Waals surface area contributed by atoms with Crippen LogP contribution in [-0.2, 0) is 4.79 Å². The van der Waals surface area contributed by atoms with E-state index in [-0.39, 0.29) is 12.5 Å². The van der Waals surface area contributed by atoms with Crippen LogP contribution in [0.25, 0.3) is 0 Å². The first kappa shape index (κ1) is 14.7. The summed E-state index contributed by atoms with van der Waals surface area (Å²) in [5.41, 5.74) is 0.341. The molecule has 110 valence electrons. The fourth-order valence-corrected chi connectivity index (χ4v) is 2.29. The van der Waals surface area contributed by atoms with Crippen molar-refractivity contribution in [3.05, 3.63) is 24.3 Å². The second-order valence-electron chi connectivity index (χ2n) is 5.12. The van der Waals surface area contributed by atoms with Gasteiger partial charge in [0.05, 0.1) is 24.4 Å². The quantitative estimate of drug-likeness (QED) is 0.764. The summed E-state index contributed by atoms with van der Waals surface area (Å²) < 4.78 is 5.72. The van der Waals surface area contributed by atoms with Crippen molar-refractivity contribution in [2.24, 2.45) is 0 Å². The maximum Gasteiger partial charge on any atom is 0.263 e. The summed E-state index contributed by atoms with van der Waals surface area (Å²) >= 11 is 0. The van der Waals surface area contributed by atoms with Gasteiger partial charge in [-0.15, -0.1) is 0 Å². The first-order valence-electron chi connectivity index (χ1n) is 7.06. The summed E-state index contributed by atoms with van der Waals surface area (Å²) in [4.78, 5) is 12.3. The van der Waals surface area contributed by atoms with Gasteiger partial charge in [0.1, 0.15) is 5.75 Å². The van der Waals surface area contributed by atoms with E-state index >= 15 is 0 Å². The summed E-state index contributed by atoms with van der Waals surface area (Å²) in [6, 6.07) is 7.54. The van der Waals surface area contributed by atoms with E-state index in [0.717, 1.165) is 5.69 Å². The van der Waals surface area contributed by atoms with Gasteiger partial charge in [0.15, 0.2) is 6.10 Å². The van der Waals surface area contributed by atoms with Crippen LogP contribution in [0.3, 0.4) is 0 Å². The van der Waals surface area contributed by atoms with Crippen molar-refractivity contribution in [1.29, 1.82) is 0 Å². The molecule has 2 rings (SSSR count). The number of hydrogen-bond acceptors (Lipinski definition) is 4. The number of ether oxygens (including phenoxy) is 1. The molecule has 1 heterocycles. The third-order valence-corrected chi connectivity index (χ3v) is 3.97. The van der Waals surface area contributed by atoms with E-state index in [1.807, 2.05) is 38.1 Å². The molecule has 1 unspecified atom stereocenters. The highest BCUT2D eigenvalue weighted by Crippen LogP contribution is 2.28. The Labute approximate surface area is 119 Å². The number of carbonyl (C=O) groups excluding carboxylic acids is 1. The zero-order valence-electron chi connectivity index (χ0n) is 12.0. The number of aliphatic hydroxyl groups is 1. The number of aliphatic hydroxyl groups excluding tert-OH is 1. The lowest BCUT2D eigenvalue weighted by atomic mass is 9.93. The van der Waals surface area contributed by atoms with Crippen molar-refractivity contribution < 1.29 is 14.6 Å². The molecule has 20 heavy (non-hydrogen) atoms. The molecule has 0 bridgehead atoms. The Kier molecular flexibility index (Phi) is 4.49. The standard InChI is InChI=1S/C15H22N2O3/c1-3-15(4-2,10-18)17-14(19)13-9-16-11-7-5-6-8-12(11)20-13/h5-8,13,16,18H,3-4,9-10H2,1-2H3,(H,17,19). The first-order valence-corrected chi connectivity index (χ1v) is 7.06. The molecule has 1 amide bonds. The number of nitrogens with one attached hydrogen (secondary N) is 2. The molecule has 0 spiro atoms. The van der Waals surface area contributed by atoms with Crippen molar-refractivity contribution in [3.63, 3.8) is 0 Å². The zero-order valence-corrected chi connectivity index (χ0v) is 12.0. The average Bonchev–Trinajstić information content (AvgIpc) is 2.52. The van der Waals surface area contributed by atoms with Crippen LogP contribution in [0.5, 0.6) is 5.75 Å². The molecule has 0 fully saturated rings. The molecule has 0 radical (unpaired) electrons. The molecular formula is C15H22N2O3. The van der Waals surface area contributed by atoms with Gasteiger partial charge in [-0.05, 0) is 25.0 Å². The predicted octanol–water partition coefficient (Wildman–Crippen LogP) is 1.53. The van der Waals surface area contributed by atoms with E-state index in [1.54, 1.807) is 0 Å². The van der Waals surface area contributed by atoms with Crippen LogP contribution in [0, 0.1) is 0 Å². The minimum atomic E-state index is -0.575. The van der Waals surface area contributed by atoms with Crippen molar-refractivity contribution >= 4 is 11.6 Å². The molecule has 1 aliphatic rings. The minimum absolute atomic E-state index is 0.0670. The van der Waals surface area contributed by atoms with Gasteiger partial charge in [-0.2, -0.15) is 0 Å². The Morgan fingerprint density at radius 2 is 2.15 bits per heavy atom. The van der Waals surface area contributed by atoms with Gasteiger partial charge in [0, 0.05) is 0 Å². The van der Waals surface area contributed by atoms with Crippen molar-refractivity contribution in [3.8, 4) is 5.75 Å². The highest BCUT2D eigenvalue weighted by molar-refractivity contribution is 5.83. The number of hydrogen-bond donors (Lipinski definition) is 3. The van der Waals surface area contributed by atoms with Crippen LogP contribution in [0.2, 0.25) is 0 Å². The normalized spacial score (nSPS) is 17.6. The van der Waals surface area contributed by atoms with Gasteiger partial charge in [0.25, 0.3) is 5.91 Å². The summed E-state index contributed by atoms with van der Waals surface area (Å²) in [6.45, 7) is 4.27. The summed E-state index contributed by atoms with van der Waals surface area (Å²) in [5, 5.41) is 15.6. The molecule has 0 aliphatic carbocycles. The second-order valence-corrected chi connectivity index (χ2v) is 5.12.